The molecule has 3 aromatic rings. The fraction of sp³-hybridized carbons (Fsp3) is 0.462. The molecule has 32 heavy (non-hydrogen) atoms. The van der Waals surface area contributed by atoms with Gasteiger partial charge < -0.3 is 19.4 Å². The molecule has 2 aromatic carbocycles. The number of hydrogen-bond acceptors (Lipinski definition) is 4. The van der Waals surface area contributed by atoms with Crippen LogP contribution in [-0.2, 0) is 11.3 Å². The van der Waals surface area contributed by atoms with Gasteiger partial charge in [-0.15, -0.1) is 0 Å². The maximum Gasteiger partial charge on any atom is 0.223 e. The fourth-order valence-electron chi connectivity index (χ4n) is 4.56. The molecular weight excluding hydrogens is 402 g/mol. The summed E-state index contributed by atoms with van der Waals surface area (Å²) >= 11 is 0. The molecule has 4 rings (SSSR count). The standard InChI is InChI=1S/C26H33N3O3/c1-19(27-26(30)20-11-4-3-5-12-20)25-28-21-13-6-7-14-22(21)29(25)17-10-18-32-24-16-9-8-15-23(24)31-2/h6-9,13-16,19-20H,3-5,10-12,17-18H2,1-2H3,(H,27,30). The number of methoxy groups -OCH3 is 1. The van der Waals surface area contributed by atoms with Crippen LogP contribution in [0.25, 0.3) is 11.0 Å². The first-order valence-corrected chi connectivity index (χ1v) is 11.7. The molecule has 1 N–H and O–H groups in total. The van der Waals surface area contributed by atoms with Gasteiger partial charge in [0.1, 0.15) is 5.82 Å². The van der Waals surface area contributed by atoms with E-state index in [2.05, 4.69) is 16.0 Å². The van der Waals surface area contributed by atoms with Gasteiger partial charge in [0.2, 0.25) is 5.91 Å². The number of hydrogen-bond donors (Lipinski definition) is 1. The molecule has 6 nitrogen and oxygen atoms in total. The van der Waals surface area contributed by atoms with Crippen molar-refractivity contribution in [3.05, 3.63) is 54.4 Å². The van der Waals surface area contributed by atoms with Gasteiger partial charge >= 0.3 is 0 Å². The Morgan fingerprint density at radius 3 is 2.59 bits per heavy atom. The summed E-state index contributed by atoms with van der Waals surface area (Å²) in [6, 6.07) is 15.7. The summed E-state index contributed by atoms with van der Waals surface area (Å²) in [5, 5.41) is 3.23. The number of aryl methyl sites for hydroxylation is 1. The third-order valence-corrected chi connectivity index (χ3v) is 6.26. The SMILES string of the molecule is COc1ccccc1OCCCn1c(C(C)NC(=O)C2CCCCC2)nc2ccccc21. The Labute approximate surface area is 189 Å². The van der Waals surface area contributed by atoms with Crippen molar-refractivity contribution >= 4 is 16.9 Å². The normalized spacial score (nSPS) is 15.4. The Morgan fingerprint density at radius 1 is 1.09 bits per heavy atom. The number of amides is 1. The van der Waals surface area contributed by atoms with Crippen molar-refractivity contribution in [2.45, 2.75) is 58.0 Å². The van der Waals surface area contributed by atoms with E-state index < -0.39 is 0 Å². The molecule has 1 atom stereocenters. The molecule has 1 aliphatic rings. The van der Waals surface area contributed by atoms with E-state index in [-0.39, 0.29) is 17.9 Å². The second kappa shape index (κ2) is 10.5. The van der Waals surface area contributed by atoms with Crippen molar-refractivity contribution in [2.24, 2.45) is 5.92 Å². The molecule has 170 valence electrons. The number of nitrogens with zero attached hydrogens (tertiary/aromatic N) is 2. The minimum Gasteiger partial charge on any atom is -0.493 e. The van der Waals surface area contributed by atoms with Gasteiger partial charge in [-0.25, -0.2) is 4.98 Å². The van der Waals surface area contributed by atoms with Gasteiger partial charge in [-0.3, -0.25) is 4.79 Å². The van der Waals surface area contributed by atoms with E-state index in [0.717, 1.165) is 67.0 Å². The number of imidazole rings is 1. The number of benzene rings is 2. The van der Waals surface area contributed by atoms with Crippen LogP contribution in [-0.4, -0.2) is 29.2 Å². The second-order valence-corrected chi connectivity index (χ2v) is 8.53. The largest absolute Gasteiger partial charge is 0.493 e. The predicted octanol–water partition coefficient (Wildman–Crippen LogP) is 5.27. The third-order valence-electron chi connectivity index (χ3n) is 6.26. The molecule has 1 fully saturated rings. The van der Waals surface area contributed by atoms with Gasteiger partial charge in [0, 0.05) is 12.5 Å². The van der Waals surface area contributed by atoms with E-state index in [4.69, 9.17) is 14.5 Å². The van der Waals surface area contributed by atoms with Crippen LogP contribution in [0.3, 0.4) is 0 Å². The van der Waals surface area contributed by atoms with Gasteiger partial charge in [0.25, 0.3) is 0 Å². The Bertz CT molecular complexity index is 1040. The third kappa shape index (κ3) is 5.06. The molecule has 0 aliphatic heterocycles. The molecule has 1 heterocycles. The Balaban J connectivity index is 1.44. The minimum absolute atomic E-state index is 0.137. The highest BCUT2D eigenvalue weighted by Crippen LogP contribution is 2.27. The Morgan fingerprint density at radius 2 is 1.81 bits per heavy atom. The van der Waals surface area contributed by atoms with E-state index in [0.29, 0.717) is 6.61 Å². The van der Waals surface area contributed by atoms with E-state index in [1.165, 1.54) is 6.42 Å². The average molecular weight is 436 g/mol. The summed E-state index contributed by atoms with van der Waals surface area (Å²) in [4.78, 5) is 17.7. The molecular formula is C26H33N3O3. The molecule has 1 aromatic heterocycles. The zero-order chi connectivity index (χ0) is 22.3. The zero-order valence-corrected chi connectivity index (χ0v) is 19.0. The maximum absolute atomic E-state index is 12.8. The molecule has 0 radical (unpaired) electrons. The summed E-state index contributed by atoms with van der Waals surface area (Å²) in [5.74, 6) is 2.68. The van der Waals surface area contributed by atoms with Crippen molar-refractivity contribution in [1.29, 1.82) is 0 Å². The lowest BCUT2D eigenvalue weighted by Crippen LogP contribution is -2.35. The van der Waals surface area contributed by atoms with Crippen molar-refractivity contribution < 1.29 is 14.3 Å². The molecule has 6 heteroatoms. The Hall–Kier alpha value is -3.02. The second-order valence-electron chi connectivity index (χ2n) is 8.53. The summed E-state index contributed by atoms with van der Waals surface area (Å²) in [6.45, 7) is 3.35. The van der Waals surface area contributed by atoms with Crippen molar-refractivity contribution in [2.75, 3.05) is 13.7 Å². The molecule has 1 unspecified atom stereocenters. The van der Waals surface area contributed by atoms with Crippen LogP contribution >= 0.6 is 0 Å². The first kappa shape index (κ1) is 22.2. The van der Waals surface area contributed by atoms with Gasteiger partial charge in [0.05, 0.1) is 30.8 Å². The maximum atomic E-state index is 12.8. The number of rotatable bonds is 9. The number of carbonyl (C=O) groups excluding carboxylic acids is 1. The number of ether oxygens (including phenoxy) is 2. The molecule has 1 amide bonds. The van der Waals surface area contributed by atoms with Crippen LogP contribution in [0.15, 0.2) is 48.5 Å². The number of fused-ring (bicyclic) bond motifs is 1. The minimum atomic E-state index is -0.146. The van der Waals surface area contributed by atoms with E-state index >= 15 is 0 Å². The summed E-state index contributed by atoms with van der Waals surface area (Å²) in [6.07, 6.45) is 6.35. The van der Waals surface area contributed by atoms with Crippen LogP contribution in [0.4, 0.5) is 0 Å². The lowest BCUT2D eigenvalue weighted by molar-refractivity contribution is -0.126. The van der Waals surface area contributed by atoms with Crippen molar-refractivity contribution in [3.63, 3.8) is 0 Å². The topological polar surface area (TPSA) is 65.4 Å². The lowest BCUT2D eigenvalue weighted by atomic mass is 9.88. The lowest BCUT2D eigenvalue weighted by Gasteiger charge is -2.23. The molecule has 0 spiro atoms. The summed E-state index contributed by atoms with van der Waals surface area (Å²) in [7, 11) is 1.65. The summed E-state index contributed by atoms with van der Waals surface area (Å²) < 4.78 is 13.5. The number of carbonyl (C=O) groups is 1. The number of para-hydroxylation sites is 4. The van der Waals surface area contributed by atoms with Gasteiger partial charge in [-0.1, -0.05) is 43.5 Å². The van der Waals surface area contributed by atoms with Gasteiger partial charge in [-0.05, 0) is 50.5 Å². The van der Waals surface area contributed by atoms with Gasteiger partial charge in [-0.2, -0.15) is 0 Å². The van der Waals surface area contributed by atoms with Crippen LogP contribution in [0.2, 0.25) is 0 Å². The number of nitrogens with one attached hydrogen (secondary N) is 1. The monoisotopic (exact) mass is 435 g/mol. The van der Waals surface area contributed by atoms with E-state index in [9.17, 15) is 4.79 Å². The van der Waals surface area contributed by atoms with Crippen LogP contribution < -0.4 is 14.8 Å². The zero-order valence-electron chi connectivity index (χ0n) is 19.0. The molecule has 1 aliphatic carbocycles. The molecule has 0 bridgehead atoms. The smallest absolute Gasteiger partial charge is 0.223 e. The first-order valence-electron chi connectivity index (χ1n) is 11.7. The van der Waals surface area contributed by atoms with E-state index in [1.807, 2.05) is 49.4 Å². The highest BCUT2D eigenvalue weighted by atomic mass is 16.5. The van der Waals surface area contributed by atoms with Crippen LogP contribution in [0.5, 0.6) is 11.5 Å². The quantitative estimate of drug-likeness (QED) is 0.465. The highest BCUT2D eigenvalue weighted by molar-refractivity contribution is 5.80. The molecule has 0 saturated heterocycles. The van der Waals surface area contributed by atoms with Crippen molar-refractivity contribution in [3.8, 4) is 11.5 Å². The summed E-state index contributed by atoms with van der Waals surface area (Å²) in [5.41, 5.74) is 2.03. The fourth-order valence-corrected chi connectivity index (χ4v) is 4.56. The number of aromatic nitrogens is 2. The van der Waals surface area contributed by atoms with Gasteiger partial charge in [0.15, 0.2) is 11.5 Å². The van der Waals surface area contributed by atoms with Crippen LogP contribution in [0, 0.1) is 5.92 Å². The van der Waals surface area contributed by atoms with Crippen molar-refractivity contribution in [1.82, 2.24) is 14.9 Å². The Kier molecular flexibility index (Phi) is 7.30. The molecule has 1 saturated carbocycles. The first-order chi connectivity index (χ1) is 15.7. The predicted molar refractivity (Wildman–Crippen MR) is 126 cm³/mol. The highest BCUT2D eigenvalue weighted by Gasteiger charge is 2.24. The van der Waals surface area contributed by atoms with E-state index in [1.54, 1.807) is 7.11 Å². The average Bonchev–Trinajstić information content (AvgIpc) is 3.21. The van der Waals surface area contributed by atoms with Crippen LogP contribution in [0.1, 0.15) is 57.3 Å².